The summed E-state index contributed by atoms with van der Waals surface area (Å²) in [4.78, 5) is 12.3. The molecule has 0 aliphatic carbocycles. The molecule has 0 fully saturated rings. The van der Waals surface area contributed by atoms with Crippen molar-refractivity contribution in [1.29, 1.82) is 0 Å². The second-order valence-corrected chi connectivity index (χ2v) is 7.19. The van der Waals surface area contributed by atoms with E-state index >= 15 is 0 Å². The molecule has 162 valence electrons. The number of alkyl halides is 5. The number of nitrogens with one attached hydrogen (secondary N) is 1. The molecule has 3 aromatic heterocycles. The van der Waals surface area contributed by atoms with Crippen LogP contribution in [0.15, 0.2) is 29.7 Å². The first-order valence-electron chi connectivity index (χ1n) is 8.82. The summed E-state index contributed by atoms with van der Waals surface area (Å²) in [5.41, 5.74) is 1.40. The Kier molecular flexibility index (Phi) is 6.29. The van der Waals surface area contributed by atoms with E-state index in [-0.39, 0.29) is 0 Å². The molecule has 0 saturated carbocycles. The first kappa shape index (κ1) is 22.0. The van der Waals surface area contributed by atoms with Gasteiger partial charge in [-0.3, -0.25) is 0 Å². The molecule has 3 heterocycles. The van der Waals surface area contributed by atoms with E-state index in [0.29, 0.717) is 40.0 Å². The third-order valence-corrected chi connectivity index (χ3v) is 4.67. The quantitative estimate of drug-likeness (QED) is 0.407. The van der Waals surface area contributed by atoms with Gasteiger partial charge < -0.3 is 10.1 Å². The Hall–Kier alpha value is -2.70. The van der Waals surface area contributed by atoms with Crippen LogP contribution in [-0.2, 0) is 0 Å². The van der Waals surface area contributed by atoms with E-state index in [0.717, 1.165) is 6.20 Å². The lowest BCUT2D eigenvalue weighted by Gasteiger charge is -2.19. The Morgan fingerprint density at radius 1 is 1.10 bits per heavy atom. The van der Waals surface area contributed by atoms with Crippen LogP contribution in [0.25, 0.3) is 16.9 Å². The molecule has 7 nitrogen and oxygen atoms in total. The molecule has 0 amide bonds. The van der Waals surface area contributed by atoms with Crippen molar-refractivity contribution in [2.75, 3.05) is 24.2 Å². The maximum Gasteiger partial charge on any atom is 0.456 e. The molecule has 3 rings (SSSR count). The molecule has 3 aromatic rings. The van der Waals surface area contributed by atoms with E-state index in [4.69, 9.17) is 0 Å². The number of halogens is 5. The van der Waals surface area contributed by atoms with Crippen molar-refractivity contribution in [2.24, 2.45) is 0 Å². The minimum atomic E-state index is -5.71. The number of ether oxygens (including phenoxy) is 1. The predicted octanol–water partition coefficient (Wildman–Crippen LogP) is 4.31. The van der Waals surface area contributed by atoms with Crippen molar-refractivity contribution in [2.45, 2.75) is 31.0 Å². The second kappa shape index (κ2) is 8.58. The number of fused-ring (bicyclic) bond motifs is 1. The van der Waals surface area contributed by atoms with Crippen LogP contribution in [0.3, 0.4) is 0 Å². The molecule has 0 unspecified atom stereocenters. The van der Waals surface area contributed by atoms with Crippen LogP contribution in [0.4, 0.5) is 27.8 Å². The average molecular weight is 448 g/mol. The molecule has 0 saturated heterocycles. The minimum Gasteiger partial charge on any atom is -0.470 e. The Morgan fingerprint density at radius 3 is 2.47 bits per heavy atom. The van der Waals surface area contributed by atoms with Gasteiger partial charge in [-0.05, 0) is 18.7 Å². The topological polar surface area (TPSA) is 77.2 Å². The first-order chi connectivity index (χ1) is 14.2. The van der Waals surface area contributed by atoms with Gasteiger partial charge in [-0.25, -0.2) is 15.0 Å². The smallest absolute Gasteiger partial charge is 0.456 e. The largest absolute Gasteiger partial charge is 0.470 e. The van der Waals surface area contributed by atoms with Crippen LogP contribution in [0.5, 0.6) is 5.88 Å². The molecular weight excluding hydrogens is 431 g/mol. The van der Waals surface area contributed by atoms with Crippen molar-refractivity contribution < 1.29 is 26.7 Å². The molecule has 0 aromatic carbocycles. The Labute approximate surface area is 172 Å². The van der Waals surface area contributed by atoms with Crippen LogP contribution < -0.4 is 10.1 Å². The number of nitrogens with zero attached hydrogens (tertiary/aromatic N) is 5. The van der Waals surface area contributed by atoms with Crippen LogP contribution >= 0.6 is 11.8 Å². The summed E-state index contributed by atoms with van der Waals surface area (Å²) < 4.78 is 68.9. The number of hydrogen-bond donors (Lipinski definition) is 1. The average Bonchev–Trinajstić information content (AvgIpc) is 3.06. The SMILES string of the molecule is CCNc1ccnc2c(-c3cnc(OCC(F)(F)C(F)(F)F)cn3)c(SCC)nn12. The van der Waals surface area contributed by atoms with Crippen molar-refractivity contribution in [1.82, 2.24) is 24.6 Å². The molecule has 0 bridgehead atoms. The van der Waals surface area contributed by atoms with E-state index in [1.54, 1.807) is 16.8 Å². The summed E-state index contributed by atoms with van der Waals surface area (Å²) in [5, 5.41) is 8.34. The summed E-state index contributed by atoms with van der Waals surface area (Å²) in [6.45, 7) is 2.66. The highest BCUT2D eigenvalue weighted by Gasteiger charge is 2.58. The fourth-order valence-corrected chi connectivity index (χ4v) is 3.22. The van der Waals surface area contributed by atoms with Gasteiger partial charge in [0.05, 0.1) is 23.7 Å². The molecule has 1 N–H and O–H groups in total. The van der Waals surface area contributed by atoms with Gasteiger partial charge in [0.2, 0.25) is 5.88 Å². The number of thioether (sulfide) groups is 1. The highest BCUT2D eigenvalue weighted by molar-refractivity contribution is 7.99. The molecular formula is C17H17F5N6OS. The summed E-state index contributed by atoms with van der Waals surface area (Å²) in [7, 11) is 0. The van der Waals surface area contributed by atoms with Crippen LogP contribution in [0.1, 0.15) is 13.8 Å². The van der Waals surface area contributed by atoms with Gasteiger partial charge in [0.15, 0.2) is 12.3 Å². The molecule has 30 heavy (non-hydrogen) atoms. The third kappa shape index (κ3) is 4.40. The van der Waals surface area contributed by atoms with Crippen molar-refractivity contribution in [3.05, 3.63) is 24.7 Å². The van der Waals surface area contributed by atoms with Crippen LogP contribution in [0.2, 0.25) is 0 Å². The summed E-state index contributed by atoms with van der Waals surface area (Å²) >= 11 is 1.45. The zero-order chi connectivity index (χ0) is 21.9. The Balaban J connectivity index is 1.92. The van der Waals surface area contributed by atoms with Crippen molar-refractivity contribution >= 4 is 23.2 Å². The normalized spacial score (nSPS) is 12.4. The zero-order valence-electron chi connectivity index (χ0n) is 15.9. The second-order valence-electron chi connectivity index (χ2n) is 5.94. The maximum atomic E-state index is 13.0. The summed E-state index contributed by atoms with van der Waals surface area (Å²) in [5.74, 6) is -4.01. The summed E-state index contributed by atoms with van der Waals surface area (Å²) in [6, 6.07) is 1.76. The van der Waals surface area contributed by atoms with Gasteiger partial charge in [0.1, 0.15) is 10.8 Å². The van der Waals surface area contributed by atoms with Gasteiger partial charge in [-0.1, -0.05) is 6.92 Å². The fraction of sp³-hybridized carbons (Fsp3) is 0.412. The minimum absolute atomic E-state index is 0.331. The van der Waals surface area contributed by atoms with E-state index in [1.165, 1.54) is 18.0 Å². The molecule has 0 atom stereocenters. The monoisotopic (exact) mass is 448 g/mol. The van der Waals surface area contributed by atoms with Gasteiger partial charge in [0, 0.05) is 12.7 Å². The van der Waals surface area contributed by atoms with Crippen LogP contribution in [0, 0.1) is 0 Å². The van der Waals surface area contributed by atoms with E-state index < -0.39 is 24.6 Å². The molecule has 0 aliphatic heterocycles. The zero-order valence-corrected chi connectivity index (χ0v) is 16.7. The number of hydrogen-bond acceptors (Lipinski definition) is 7. The number of aromatic nitrogens is 5. The summed E-state index contributed by atoms with van der Waals surface area (Å²) in [6.07, 6.45) is -1.90. The highest BCUT2D eigenvalue weighted by atomic mass is 32.2. The maximum absolute atomic E-state index is 13.0. The van der Waals surface area contributed by atoms with Gasteiger partial charge in [-0.15, -0.1) is 11.8 Å². The molecule has 0 aliphatic rings. The standard InChI is InChI=1S/C17H17F5N6OS/c1-3-23-11-5-6-24-14-13(15(30-4-2)27-28(11)14)10-7-26-12(8-25-10)29-9-16(18,19)17(20,21)22/h5-8,23H,3-4,9H2,1-2H3. The van der Waals surface area contributed by atoms with E-state index in [2.05, 4.69) is 30.1 Å². The Bertz CT molecular complexity index is 1010. The van der Waals surface area contributed by atoms with Gasteiger partial charge in [-0.2, -0.15) is 31.6 Å². The van der Waals surface area contributed by atoms with Crippen LogP contribution in [-0.4, -0.2) is 55.6 Å². The fourth-order valence-electron chi connectivity index (χ4n) is 2.47. The third-order valence-electron chi connectivity index (χ3n) is 3.83. The number of rotatable bonds is 8. The van der Waals surface area contributed by atoms with Crippen molar-refractivity contribution in [3.63, 3.8) is 0 Å². The van der Waals surface area contributed by atoms with E-state index in [9.17, 15) is 22.0 Å². The molecule has 13 heteroatoms. The number of anilines is 1. The highest BCUT2D eigenvalue weighted by Crippen LogP contribution is 2.36. The first-order valence-corrected chi connectivity index (χ1v) is 9.80. The molecule has 0 spiro atoms. The van der Waals surface area contributed by atoms with Gasteiger partial charge in [0.25, 0.3) is 0 Å². The Morgan fingerprint density at radius 2 is 1.87 bits per heavy atom. The lowest BCUT2D eigenvalue weighted by Crippen LogP contribution is -2.41. The predicted molar refractivity (Wildman–Crippen MR) is 101 cm³/mol. The molecule has 0 radical (unpaired) electrons. The van der Waals surface area contributed by atoms with Crippen molar-refractivity contribution in [3.8, 4) is 17.1 Å². The lowest BCUT2D eigenvalue weighted by atomic mass is 10.2. The van der Waals surface area contributed by atoms with Gasteiger partial charge >= 0.3 is 12.1 Å². The lowest BCUT2D eigenvalue weighted by molar-refractivity contribution is -0.290. The van der Waals surface area contributed by atoms with E-state index in [1.807, 2.05) is 13.8 Å².